The van der Waals surface area contributed by atoms with Crippen molar-refractivity contribution in [2.24, 2.45) is 0 Å². The normalized spacial score (nSPS) is 28.0. The Kier molecular flexibility index (Phi) is 5.28. The van der Waals surface area contributed by atoms with E-state index in [1.54, 1.807) is 6.08 Å². The van der Waals surface area contributed by atoms with E-state index in [2.05, 4.69) is 5.32 Å². The molecule has 0 spiro atoms. The Morgan fingerprint density at radius 2 is 2.05 bits per heavy atom. The van der Waals surface area contributed by atoms with Gasteiger partial charge in [-0.2, -0.15) is 12.7 Å². The Balaban J connectivity index is 0.00000176. The molecule has 0 amide bonds. The Morgan fingerprint density at radius 3 is 2.68 bits per heavy atom. The van der Waals surface area contributed by atoms with E-state index in [1.165, 1.54) is 6.08 Å². The molecule has 22 heavy (non-hydrogen) atoms. The number of nitrogens with zero attached hydrogens (tertiary/aromatic N) is 1. The molecule has 0 saturated carbocycles. The van der Waals surface area contributed by atoms with Crippen molar-refractivity contribution in [3.63, 3.8) is 0 Å². The fourth-order valence-corrected chi connectivity index (χ4v) is 4.02. The SMILES string of the molecule is O=C(C=Cc1ccccc1)[C@]12CN(S(=O)(=O)O)[C@@H]1CCN2.[Na]. The molecule has 2 fully saturated rings. The van der Waals surface area contributed by atoms with Gasteiger partial charge in [-0.1, -0.05) is 36.4 Å². The molecule has 1 radical (unpaired) electrons. The van der Waals surface area contributed by atoms with Gasteiger partial charge in [0.1, 0.15) is 5.54 Å². The zero-order valence-corrected chi connectivity index (χ0v) is 15.1. The number of ketones is 1. The first kappa shape index (κ1) is 17.8. The van der Waals surface area contributed by atoms with Crippen molar-refractivity contribution in [3.8, 4) is 0 Å². The summed E-state index contributed by atoms with van der Waals surface area (Å²) in [5, 5.41) is 3.09. The van der Waals surface area contributed by atoms with Crippen LogP contribution in [0.25, 0.3) is 6.08 Å². The molecule has 1 aromatic carbocycles. The molecule has 0 bridgehead atoms. The predicted molar refractivity (Wildman–Crippen MR) is 83.6 cm³/mol. The van der Waals surface area contributed by atoms with Crippen LogP contribution in [0.1, 0.15) is 12.0 Å². The van der Waals surface area contributed by atoms with Gasteiger partial charge in [0.05, 0.1) is 6.04 Å². The van der Waals surface area contributed by atoms with E-state index in [9.17, 15) is 13.2 Å². The molecule has 0 aliphatic carbocycles. The zero-order valence-electron chi connectivity index (χ0n) is 12.3. The van der Waals surface area contributed by atoms with Crippen LogP contribution in [0, 0.1) is 0 Å². The monoisotopic (exact) mass is 331 g/mol. The van der Waals surface area contributed by atoms with Crippen LogP contribution in [0.3, 0.4) is 0 Å². The number of hydrogen-bond donors (Lipinski definition) is 2. The molecule has 2 aliphatic rings. The molecule has 113 valence electrons. The van der Waals surface area contributed by atoms with Crippen molar-refractivity contribution >= 4 is 51.7 Å². The van der Waals surface area contributed by atoms with Gasteiger partial charge in [-0.15, -0.1) is 0 Å². The Morgan fingerprint density at radius 1 is 1.36 bits per heavy atom. The summed E-state index contributed by atoms with van der Waals surface area (Å²) in [6.45, 7) is 0.538. The standard InChI is InChI=1S/C14H16N2O4S.Na/c17-13(7-6-11-4-2-1-3-5-11)14-10-16(21(18,19)20)12(14)8-9-15-14;/h1-7,12,15H,8-10H2,(H,18,19,20);/t12-,14+;/m1./s1. The molecule has 2 heterocycles. The quantitative estimate of drug-likeness (QED) is 0.464. The maximum Gasteiger partial charge on any atom is 0.336 e. The molecule has 1 aromatic rings. The van der Waals surface area contributed by atoms with Crippen LogP contribution < -0.4 is 5.32 Å². The smallest absolute Gasteiger partial charge is 0.302 e. The van der Waals surface area contributed by atoms with Crippen molar-refractivity contribution in [1.82, 2.24) is 9.62 Å². The first-order valence-electron chi connectivity index (χ1n) is 6.70. The van der Waals surface area contributed by atoms with Crippen molar-refractivity contribution in [1.29, 1.82) is 0 Å². The van der Waals surface area contributed by atoms with Gasteiger partial charge in [-0.25, -0.2) is 0 Å². The maximum atomic E-state index is 12.4. The second-order valence-corrected chi connectivity index (χ2v) is 6.70. The van der Waals surface area contributed by atoms with Crippen molar-refractivity contribution in [2.45, 2.75) is 18.0 Å². The van der Waals surface area contributed by atoms with Gasteiger partial charge < -0.3 is 5.32 Å². The van der Waals surface area contributed by atoms with Gasteiger partial charge in [0.25, 0.3) is 0 Å². The topological polar surface area (TPSA) is 86.7 Å². The number of hydrogen-bond acceptors (Lipinski definition) is 4. The second kappa shape index (κ2) is 6.52. The molecule has 2 atom stereocenters. The molecule has 8 heteroatoms. The molecule has 0 unspecified atom stereocenters. The van der Waals surface area contributed by atoms with E-state index in [0.717, 1.165) is 9.87 Å². The third-order valence-corrected chi connectivity index (χ3v) is 5.12. The maximum absolute atomic E-state index is 12.4. The average molecular weight is 331 g/mol. The van der Waals surface area contributed by atoms with Crippen LogP contribution in [0.2, 0.25) is 0 Å². The summed E-state index contributed by atoms with van der Waals surface area (Å²) in [6, 6.07) is 8.91. The van der Waals surface area contributed by atoms with Crippen molar-refractivity contribution in [2.75, 3.05) is 13.1 Å². The molecule has 0 aromatic heterocycles. The molecule has 2 aliphatic heterocycles. The van der Waals surface area contributed by atoms with Gasteiger partial charge in [0.2, 0.25) is 0 Å². The molecular weight excluding hydrogens is 315 g/mol. The number of rotatable bonds is 4. The second-order valence-electron chi connectivity index (χ2n) is 5.33. The number of benzene rings is 1. The minimum absolute atomic E-state index is 0. The minimum Gasteiger partial charge on any atom is -0.302 e. The van der Waals surface area contributed by atoms with Gasteiger partial charge in [0.15, 0.2) is 5.78 Å². The Bertz CT molecular complexity index is 692. The first-order chi connectivity index (χ1) is 9.93. The third-order valence-electron chi connectivity index (χ3n) is 4.14. The summed E-state index contributed by atoms with van der Waals surface area (Å²) in [5.74, 6) is -0.159. The summed E-state index contributed by atoms with van der Waals surface area (Å²) in [7, 11) is -4.24. The number of carbonyl (C=O) groups is 1. The number of nitrogens with one attached hydrogen (secondary N) is 1. The van der Waals surface area contributed by atoms with E-state index >= 15 is 0 Å². The molecule has 2 N–H and O–H groups in total. The summed E-state index contributed by atoms with van der Waals surface area (Å²) >= 11 is 0. The summed E-state index contributed by atoms with van der Waals surface area (Å²) in [4.78, 5) is 12.4. The van der Waals surface area contributed by atoms with Gasteiger partial charge in [-0.3, -0.25) is 9.35 Å². The van der Waals surface area contributed by atoms with E-state index in [0.29, 0.717) is 13.0 Å². The molecule has 2 saturated heterocycles. The molecule has 6 nitrogen and oxygen atoms in total. The van der Waals surface area contributed by atoms with Crippen LogP contribution in [0.5, 0.6) is 0 Å². The fraction of sp³-hybridized carbons (Fsp3) is 0.357. The van der Waals surface area contributed by atoms with Crippen LogP contribution in [0.15, 0.2) is 36.4 Å². The van der Waals surface area contributed by atoms with Crippen LogP contribution in [-0.4, -0.2) is 77.3 Å². The summed E-state index contributed by atoms with van der Waals surface area (Å²) < 4.78 is 32.6. The Hall–Kier alpha value is -0.540. The average Bonchev–Trinajstić information content (AvgIpc) is 2.73. The number of carbonyl (C=O) groups excluding carboxylic acids is 1. The van der Waals surface area contributed by atoms with Gasteiger partial charge in [0, 0.05) is 36.1 Å². The van der Waals surface area contributed by atoms with Gasteiger partial charge in [-0.05, 0) is 24.6 Å². The molecule has 3 rings (SSSR count). The van der Waals surface area contributed by atoms with Crippen LogP contribution in [-0.2, 0) is 15.1 Å². The zero-order chi connectivity index (χ0) is 15.1. The van der Waals surface area contributed by atoms with Crippen LogP contribution in [0.4, 0.5) is 0 Å². The van der Waals surface area contributed by atoms with Crippen LogP contribution >= 0.6 is 0 Å². The minimum atomic E-state index is -4.24. The number of fused-ring (bicyclic) bond motifs is 1. The summed E-state index contributed by atoms with van der Waals surface area (Å²) in [6.07, 6.45) is 3.71. The Labute approximate surface area is 151 Å². The molecular formula is C14H16N2NaO4S. The largest absolute Gasteiger partial charge is 0.336 e. The summed E-state index contributed by atoms with van der Waals surface area (Å²) in [5.41, 5.74) is 0.0175. The first-order valence-corrected chi connectivity index (χ1v) is 8.10. The third kappa shape index (κ3) is 3.07. The predicted octanol–water partition coefficient (Wildman–Crippen LogP) is 0.107. The van der Waals surface area contributed by atoms with E-state index in [-0.39, 0.29) is 41.9 Å². The fourth-order valence-electron chi connectivity index (χ4n) is 3.05. The van der Waals surface area contributed by atoms with E-state index < -0.39 is 21.9 Å². The van der Waals surface area contributed by atoms with Crippen molar-refractivity contribution < 1.29 is 17.8 Å². The van der Waals surface area contributed by atoms with Crippen molar-refractivity contribution in [3.05, 3.63) is 42.0 Å². The van der Waals surface area contributed by atoms with E-state index in [4.69, 9.17) is 4.55 Å². The van der Waals surface area contributed by atoms with E-state index in [1.807, 2.05) is 30.3 Å². The van der Waals surface area contributed by atoms with Gasteiger partial charge >= 0.3 is 10.3 Å².